The third kappa shape index (κ3) is 7.25. The molecule has 0 unspecified atom stereocenters. The first-order valence-corrected chi connectivity index (χ1v) is 12.8. The van der Waals surface area contributed by atoms with Crippen molar-refractivity contribution in [3.05, 3.63) is 61.5 Å². The number of halogens is 4. The van der Waals surface area contributed by atoms with Crippen LogP contribution in [0, 0.1) is 0 Å². The molecule has 1 saturated carbocycles. The Morgan fingerprint density at radius 2 is 1.76 bits per heavy atom. The zero-order chi connectivity index (χ0) is 24.0. The summed E-state index contributed by atoms with van der Waals surface area (Å²) in [6, 6.07) is 9.66. The van der Waals surface area contributed by atoms with Crippen LogP contribution >= 0.6 is 50.7 Å². The van der Waals surface area contributed by atoms with E-state index in [1.807, 2.05) is 0 Å². The van der Waals surface area contributed by atoms with E-state index in [4.69, 9.17) is 39.5 Å². The first-order valence-electron chi connectivity index (χ1n) is 10.9. The van der Waals surface area contributed by atoms with E-state index in [-0.39, 0.29) is 31.0 Å². The van der Waals surface area contributed by atoms with Crippen LogP contribution in [0.2, 0.25) is 15.1 Å². The van der Waals surface area contributed by atoms with Gasteiger partial charge in [0.15, 0.2) is 6.61 Å². The van der Waals surface area contributed by atoms with Gasteiger partial charge in [0.1, 0.15) is 11.8 Å². The normalized spacial score (nSPS) is 15.1. The van der Waals surface area contributed by atoms with Crippen molar-refractivity contribution in [2.45, 2.75) is 57.7 Å². The highest BCUT2D eigenvalue weighted by atomic mass is 79.9. The molecule has 0 aromatic heterocycles. The number of rotatable bonds is 8. The van der Waals surface area contributed by atoms with Gasteiger partial charge in [0.2, 0.25) is 5.91 Å². The van der Waals surface area contributed by atoms with Gasteiger partial charge in [-0.15, -0.1) is 0 Å². The Morgan fingerprint density at radius 3 is 2.39 bits per heavy atom. The molecule has 1 aliphatic rings. The van der Waals surface area contributed by atoms with Gasteiger partial charge >= 0.3 is 0 Å². The third-order valence-electron chi connectivity index (χ3n) is 5.75. The molecule has 0 radical (unpaired) electrons. The molecule has 1 fully saturated rings. The molecule has 1 N–H and O–H groups in total. The summed E-state index contributed by atoms with van der Waals surface area (Å²) >= 11 is 22.2. The van der Waals surface area contributed by atoms with Crippen molar-refractivity contribution in [2.75, 3.05) is 6.61 Å². The van der Waals surface area contributed by atoms with Crippen molar-refractivity contribution < 1.29 is 14.3 Å². The molecule has 1 atom stereocenters. The quantitative estimate of drug-likeness (QED) is 0.383. The molecule has 0 heterocycles. The average molecular weight is 577 g/mol. The summed E-state index contributed by atoms with van der Waals surface area (Å²) in [5, 5.41) is 4.32. The van der Waals surface area contributed by atoms with Crippen LogP contribution in [0.25, 0.3) is 0 Å². The smallest absolute Gasteiger partial charge is 0.261 e. The van der Waals surface area contributed by atoms with E-state index in [1.165, 1.54) is 11.3 Å². The highest BCUT2D eigenvalue weighted by Gasteiger charge is 2.29. The molecule has 2 amide bonds. The lowest BCUT2D eigenvalue weighted by Gasteiger charge is -2.31. The van der Waals surface area contributed by atoms with Crippen LogP contribution < -0.4 is 10.1 Å². The number of ether oxygens (including phenoxy) is 1. The zero-order valence-electron chi connectivity index (χ0n) is 18.3. The summed E-state index contributed by atoms with van der Waals surface area (Å²) in [6.07, 6.45) is 5.29. The van der Waals surface area contributed by atoms with Gasteiger partial charge in [-0.25, -0.2) is 0 Å². The van der Waals surface area contributed by atoms with E-state index in [2.05, 4.69) is 21.2 Å². The minimum atomic E-state index is -0.740. The molecule has 0 aliphatic heterocycles. The van der Waals surface area contributed by atoms with E-state index in [9.17, 15) is 9.59 Å². The lowest BCUT2D eigenvalue weighted by molar-refractivity contribution is -0.142. The minimum absolute atomic E-state index is 0.0774. The largest absolute Gasteiger partial charge is 0.482 e. The van der Waals surface area contributed by atoms with Gasteiger partial charge in [-0.1, -0.05) is 76.1 Å². The Morgan fingerprint density at radius 1 is 1.09 bits per heavy atom. The molecule has 0 saturated heterocycles. The number of carbonyl (C=O) groups is 2. The average Bonchev–Trinajstić information content (AvgIpc) is 2.78. The van der Waals surface area contributed by atoms with E-state index in [0.717, 1.165) is 30.2 Å². The van der Waals surface area contributed by atoms with Gasteiger partial charge in [-0.3, -0.25) is 9.59 Å². The lowest BCUT2D eigenvalue weighted by atomic mass is 9.95. The number of nitrogens with one attached hydrogen (secondary N) is 1. The fourth-order valence-corrected chi connectivity index (χ4v) is 5.06. The minimum Gasteiger partial charge on any atom is -0.482 e. The summed E-state index contributed by atoms with van der Waals surface area (Å²) in [4.78, 5) is 27.7. The van der Waals surface area contributed by atoms with Crippen molar-refractivity contribution in [3.63, 3.8) is 0 Å². The molecule has 178 valence electrons. The Labute approximate surface area is 217 Å². The van der Waals surface area contributed by atoms with Crippen molar-refractivity contribution in [3.8, 4) is 5.75 Å². The molecule has 2 aromatic rings. The molecular formula is C24H26BrCl3N2O3. The molecule has 3 rings (SSSR count). The maximum absolute atomic E-state index is 13.2. The van der Waals surface area contributed by atoms with Crippen molar-refractivity contribution in [1.82, 2.24) is 10.2 Å². The summed E-state index contributed by atoms with van der Waals surface area (Å²) in [6.45, 7) is 1.49. The SMILES string of the molecule is C[C@H](C(=O)NC1CCCCC1)N(Cc1c(Cl)cccc1Cl)C(=O)COc1ccc(Br)cc1Cl. The number of amides is 2. The summed E-state index contributed by atoms with van der Waals surface area (Å²) in [5.74, 6) is -0.209. The number of benzene rings is 2. The Bertz CT molecular complexity index is 979. The highest BCUT2D eigenvalue weighted by molar-refractivity contribution is 9.10. The second-order valence-electron chi connectivity index (χ2n) is 8.10. The predicted octanol–water partition coefficient (Wildman–Crippen LogP) is 6.65. The van der Waals surface area contributed by atoms with Crippen LogP contribution in [-0.2, 0) is 16.1 Å². The third-order valence-corrected chi connectivity index (χ3v) is 7.25. The maximum Gasteiger partial charge on any atom is 0.261 e. The van der Waals surface area contributed by atoms with Gasteiger partial charge in [0.25, 0.3) is 5.91 Å². The van der Waals surface area contributed by atoms with E-state index < -0.39 is 6.04 Å². The first-order chi connectivity index (χ1) is 15.8. The number of hydrogen-bond donors (Lipinski definition) is 1. The second kappa shape index (κ2) is 12.3. The number of nitrogens with zero attached hydrogens (tertiary/aromatic N) is 1. The van der Waals surface area contributed by atoms with Crippen LogP contribution in [-0.4, -0.2) is 35.4 Å². The number of hydrogen-bond acceptors (Lipinski definition) is 3. The number of carbonyl (C=O) groups excluding carboxylic acids is 2. The highest BCUT2D eigenvalue weighted by Crippen LogP contribution is 2.29. The van der Waals surface area contributed by atoms with E-state index in [1.54, 1.807) is 43.3 Å². The molecule has 2 aromatic carbocycles. The monoisotopic (exact) mass is 574 g/mol. The van der Waals surface area contributed by atoms with Crippen molar-refractivity contribution >= 4 is 62.5 Å². The maximum atomic E-state index is 13.2. The molecule has 33 heavy (non-hydrogen) atoms. The Kier molecular flexibility index (Phi) is 9.74. The zero-order valence-corrected chi connectivity index (χ0v) is 22.1. The summed E-state index contributed by atoms with van der Waals surface area (Å²) in [7, 11) is 0. The van der Waals surface area contributed by atoms with E-state index in [0.29, 0.717) is 26.4 Å². The summed E-state index contributed by atoms with van der Waals surface area (Å²) in [5.41, 5.74) is 0.577. The van der Waals surface area contributed by atoms with E-state index >= 15 is 0 Å². The molecule has 0 spiro atoms. The Hall–Kier alpha value is -1.47. The van der Waals surface area contributed by atoms with Crippen LogP contribution in [0.4, 0.5) is 0 Å². The van der Waals surface area contributed by atoms with Crippen molar-refractivity contribution in [2.24, 2.45) is 0 Å². The molecule has 5 nitrogen and oxygen atoms in total. The fraction of sp³-hybridized carbons (Fsp3) is 0.417. The van der Waals surface area contributed by atoms with Gasteiger partial charge in [-0.2, -0.15) is 0 Å². The van der Waals surface area contributed by atoms with Gasteiger partial charge in [0, 0.05) is 32.7 Å². The molecular weight excluding hydrogens is 551 g/mol. The van der Waals surface area contributed by atoms with Crippen LogP contribution in [0.1, 0.15) is 44.6 Å². The van der Waals surface area contributed by atoms with Gasteiger partial charge < -0.3 is 15.0 Å². The van der Waals surface area contributed by atoms with Crippen LogP contribution in [0.15, 0.2) is 40.9 Å². The van der Waals surface area contributed by atoms with Crippen LogP contribution in [0.5, 0.6) is 5.75 Å². The molecule has 0 bridgehead atoms. The lowest BCUT2D eigenvalue weighted by Crippen LogP contribution is -2.51. The van der Waals surface area contributed by atoms with Gasteiger partial charge in [0.05, 0.1) is 5.02 Å². The topological polar surface area (TPSA) is 58.6 Å². The molecule has 9 heteroatoms. The molecule has 1 aliphatic carbocycles. The summed E-state index contributed by atoms with van der Waals surface area (Å²) < 4.78 is 6.47. The van der Waals surface area contributed by atoms with Crippen molar-refractivity contribution in [1.29, 1.82) is 0 Å². The Balaban J connectivity index is 1.77. The fourth-order valence-electron chi connectivity index (χ4n) is 3.82. The van der Waals surface area contributed by atoms with Crippen LogP contribution in [0.3, 0.4) is 0 Å². The van der Waals surface area contributed by atoms with Gasteiger partial charge in [-0.05, 0) is 50.1 Å². The predicted molar refractivity (Wildman–Crippen MR) is 136 cm³/mol. The first kappa shape index (κ1) is 26.1. The second-order valence-corrected chi connectivity index (χ2v) is 10.2. The standard InChI is InChI=1S/C24H26BrCl3N2O3/c1-15(24(32)29-17-6-3-2-4-7-17)30(13-18-19(26)8-5-9-20(18)27)23(31)14-33-22-11-10-16(25)12-21(22)28/h5,8-12,15,17H,2-4,6-7,13-14H2,1H3,(H,29,32)/t15-/m1/s1.